The van der Waals surface area contributed by atoms with Crippen LogP contribution in [-0.2, 0) is 32.0 Å². The maximum absolute atomic E-state index is 12.9. The van der Waals surface area contributed by atoms with Gasteiger partial charge in [-0.25, -0.2) is 0 Å². The molecule has 2 fully saturated rings. The number of rotatable bonds is 9. The van der Waals surface area contributed by atoms with Gasteiger partial charge in [-0.05, 0) is 83.6 Å². The van der Waals surface area contributed by atoms with Crippen molar-refractivity contribution in [2.75, 3.05) is 36.8 Å². The van der Waals surface area contributed by atoms with Crippen LogP contribution in [0.2, 0.25) is 0 Å². The summed E-state index contributed by atoms with van der Waals surface area (Å²) in [4.78, 5) is 62.7. The van der Waals surface area contributed by atoms with E-state index in [0.717, 1.165) is 22.3 Å². The molecule has 2 atom stereocenters. The molecule has 2 N–H and O–H groups in total. The Morgan fingerprint density at radius 3 is 1.30 bits per heavy atom. The van der Waals surface area contributed by atoms with Crippen molar-refractivity contribution in [2.45, 2.75) is 25.7 Å². The van der Waals surface area contributed by atoms with Gasteiger partial charge in [-0.15, -0.1) is 0 Å². The van der Waals surface area contributed by atoms with Crippen LogP contribution in [0.25, 0.3) is 11.1 Å². The van der Waals surface area contributed by atoms with Gasteiger partial charge < -0.3 is 20.4 Å². The van der Waals surface area contributed by atoms with Crippen molar-refractivity contribution < 1.29 is 19.2 Å². The number of carbonyl (C=O) groups is 4. The lowest BCUT2D eigenvalue weighted by molar-refractivity contribution is -0.130. The summed E-state index contributed by atoms with van der Waals surface area (Å²) >= 11 is 0. The summed E-state index contributed by atoms with van der Waals surface area (Å²) in [6.45, 7) is 1.98. The van der Waals surface area contributed by atoms with Crippen LogP contribution in [0, 0.1) is 11.8 Å². The average Bonchev–Trinajstić information content (AvgIpc) is 3.78. The largest absolute Gasteiger partial charge is 0.342 e. The van der Waals surface area contributed by atoms with Crippen LogP contribution in [0.4, 0.5) is 11.4 Å². The first-order chi connectivity index (χ1) is 22.4. The molecule has 0 bridgehead atoms. The number of hydrogen-bond acceptors (Lipinski definition) is 6. The molecule has 0 radical (unpaired) electrons. The number of aromatic nitrogens is 2. The molecular formula is C36H36N6O4. The van der Waals surface area contributed by atoms with E-state index in [-0.39, 0.29) is 35.5 Å². The fourth-order valence-electron chi connectivity index (χ4n) is 5.96. The predicted molar refractivity (Wildman–Crippen MR) is 174 cm³/mol. The second-order valence-corrected chi connectivity index (χ2v) is 11.8. The maximum atomic E-state index is 12.9. The molecule has 4 heterocycles. The summed E-state index contributed by atoms with van der Waals surface area (Å²) in [5.41, 5.74) is 5.17. The highest BCUT2D eigenvalue weighted by atomic mass is 16.2. The second kappa shape index (κ2) is 14.2. The Labute approximate surface area is 267 Å². The Morgan fingerprint density at radius 2 is 0.935 bits per heavy atom. The summed E-state index contributed by atoms with van der Waals surface area (Å²) in [5.74, 6) is -0.629. The SMILES string of the molecule is O=C(Nc1ccc(-c2ccc(NC(=O)[C@H]3CCN(C(=O)Cc4ccncc4)C3)cc2)cc1)[C@@H]1CCN(C(=O)Cc2ccncc2)C1. The van der Waals surface area contributed by atoms with Gasteiger partial charge in [0.1, 0.15) is 0 Å². The fraction of sp³-hybridized carbons (Fsp3) is 0.278. The van der Waals surface area contributed by atoms with Crippen LogP contribution in [0.3, 0.4) is 0 Å². The van der Waals surface area contributed by atoms with Crippen molar-refractivity contribution >= 4 is 35.0 Å². The summed E-state index contributed by atoms with van der Waals surface area (Å²) in [6, 6.07) is 22.6. The number of anilines is 2. The lowest BCUT2D eigenvalue weighted by Gasteiger charge is -2.17. The minimum atomic E-state index is -0.247. The average molecular weight is 617 g/mol. The molecule has 0 spiro atoms. The van der Waals surface area contributed by atoms with E-state index in [1.807, 2.05) is 72.8 Å². The predicted octanol–water partition coefficient (Wildman–Crippen LogP) is 4.20. The van der Waals surface area contributed by atoms with E-state index in [1.54, 1.807) is 34.6 Å². The summed E-state index contributed by atoms with van der Waals surface area (Å²) in [6.07, 6.45) is 8.58. The number of hydrogen-bond donors (Lipinski definition) is 2. The maximum Gasteiger partial charge on any atom is 0.229 e. The van der Waals surface area contributed by atoms with Crippen molar-refractivity contribution in [2.24, 2.45) is 11.8 Å². The van der Waals surface area contributed by atoms with Crippen molar-refractivity contribution in [1.82, 2.24) is 19.8 Å². The summed E-state index contributed by atoms with van der Waals surface area (Å²) in [7, 11) is 0. The molecule has 46 heavy (non-hydrogen) atoms. The molecule has 0 aliphatic carbocycles. The van der Waals surface area contributed by atoms with Gasteiger partial charge in [0.25, 0.3) is 0 Å². The zero-order chi connectivity index (χ0) is 31.9. The molecule has 10 nitrogen and oxygen atoms in total. The first kappa shape index (κ1) is 30.6. The molecule has 0 unspecified atom stereocenters. The molecule has 4 aromatic rings. The Balaban J connectivity index is 0.959. The zero-order valence-electron chi connectivity index (χ0n) is 25.5. The van der Waals surface area contributed by atoms with E-state index in [9.17, 15) is 19.2 Å². The minimum Gasteiger partial charge on any atom is -0.342 e. The molecule has 2 aromatic carbocycles. The number of benzene rings is 2. The number of amides is 4. The molecule has 2 aliphatic heterocycles. The molecule has 234 valence electrons. The Morgan fingerprint density at radius 1 is 0.565 bits per heavy atom. The highest BCUT2D eigenvalue weighted by Crippen LogP contribution is 2.26. The standard InChI is InChI=1S/C36H36N6O4/c43-33(21-25-9-15-37-16-10-25)41-19-13-29(23-41)35(45)39-31-5-1-27(2-6-31)28-3-7-32(8-4-28)40-36(46)30-14-20-42(24-30)34(44)22-26-11-17-38-18-12-26/h1-12,15-18,29-30H,13-14,19-24H2,(H,39,45)(H,40,46)/t29-,30+. The number of nitrogens with one attached hydrogen (secondary N) is 2. The van der Waals surface area contributed by atoms with Crippen LogP contribution in [-0.4, -0.2) is 69.6 Å². The highest BCUT2D eigenvalue weighted by molar-refractivity contribution is 5.95. The van der Waals surface area contributed by atoms with Gasteiger partial charge in [-0.1, -0.05) is 24.3 Å². The van der Waals surface area contributed by atoms with E-state index in [1.165, 1.54) is 0 Å². The fourth-order valence-corrected chi connectivity index (χ4v) is 5.96. The molecular weight excluding hydrogens is 580 g/mol. The molecule has 0 saturated carbocycles. The normalized spacial score (nSPS) is 17.5. The van der Waals surface area contributed by atoms with E-state index < -0.39 is 0 Å². The van der Waals surface area contributed by atoms with Gasteiger partial charge in [0.05, 0.1) is 24.7 Å². The van der Waals surface area contributed by atoms with Crippen LogP contribution in [0.15, 0.2) is 97.6 Å². The smallest absolute Gasteiger partial charge is 0.229 e. The van der Waals surface area contributed by atoms with E-state index in [2.05, 4.69) is 20.6 Å². The minimum absolute atomic E-state index is 0.0194. The lowest BCUT2D eigenvalue weighted by Crippen LogP contribution is -2.32. The topological polar surface area (TPSA) is 125 Å². The van der Waals surface area contributed by atoms with Crippen LogP contribution in [0.5, 0.6) is 0 Å². The molecule has 2 aliphatic rings. The monoisotopic (exact) mass is 616 g/mol. The third-order valence-corrected chi connectivity index (χ3v) is 8.67. The molecule has 2 saturated heterocycles. The Bertz CT molecular complexity index is 1550. The Hall–Kier alpha value is -5.38. The number of carbonyl (C=O) groups excluding carboxylic acids is 4. The number of nitrogens with zero attached hydrogens (tertiary/aromatic N) is 4. The van der Waals surface area contributed by atoms with Gasteiger partial charge >= 0.3 is 0 Å². The van der Waals surface area contributed by atoms with E-state index in [0.29, 0.717) is 63.2 Å². The molecule has 6 rings (SSSR count). The first-order valence-corrected chi connectivity index (χ1v) is 15.6. The van der Waals surface area contributed by atoms with E-state index in [4.69, 9.17) is 0 Å². The van der Waals surface area contributed by atoms with Crippen molar-refractivity contribution in [1.29, 1.82) is 0 Å². The first-order valence-electron chi connectivity index (χ1n) is 15.6. The van der Waals surface area contributed by atoms with Crippen molar-refractivity contribution in [3.63, 3.8) is 0 Å². The van der Waals surface area contributed by atoms with Crippen LogP contribution in [0.1, 0.15) is 24.0 Å². The quantitative estimate of drug-likeness (QED) is 0.291. The number of likely N-dealkylation sites (tertiary alicyclic amines) is 2. The summed E-state index contributed by atoms with van der Waals surface area (Å²) < 4.78 is 0. The van der Waals surface area contributed by atoms with Gasteiger partial charge in [-0.2, -0.15) is 0 Å². The van der Waals surface area contributed by atoms with Crippen molar-refractivity contribution in [3.8, 4) is 11.1 Å². The van der Waals surface area contributed by atoms with Gasteiger partial charge in [-0.3, -0.25) is 29.1 Å². The molecule has 2 aromatic heterocycles. The Kier molecular flexibility index (Phi) is 9.43. The third kappa shape index (κ3) is 7.63. The van der Waals surface area contributed by atoms with Crippen LogP contribution >= 0.6 is 0 Å². The molecule has 10 heteroatoms. The number of pyridine rings is 2. The van der Waals surface area contributed by atoms with E-state index >= 15 is 0 Å². The highest BCUT2D eigenvalue weighted by Gasteiger charge is 2.32. The van der Waals surface area contributed by atoms with Gasteiger partial charge in [0.15, 0.2) is 0 Å². The molecule has 4 amide bonds. The summed E-state index contributed by atoms with van der Waals surface area (Å²) in [5, 5.41) is 5.98. The zero-order valence-corrected chi connectivity index (χ0v) is 25.5. The van der Waals surface area contributed by atoms with Crippen LogP contribution < -0.4 is 10.6 Å². The third-order valence-electron chi connectivity index (χ3n) is 8.67. The second-order valence-electron chi connectivity index (χ2n) is 11.8. The van der Waals surface area contributed by atoms with Crippen molar-refractivity contribution in [3.05, 3.63) is 109 Å². The van der Waals surface area contributed by atoms with Gasteiger partial charge in [0, 0.05) is 62.3 Å². The van der Waals surface area contributed by atoms with Gasteiger partial charge in [0.2, 0.25) is 23.6 Å². The lowest BCUT2D eigenvalue weighted by atomic mass is 10.0.